The van der Waals surface area contributed by atoms with Crippen LogP contribution < -0.4 is 10.6 Å². The molecule has 1 saturated heterocycles. The Morgan fingerprint density at radius 1 is 0.879 bits per heavy atom. The molecule has 7 nitrogen and oxygen atoms in total. The zero-order valence-electron chi connectivity index (χ0n) is 18.5. The van der Waals surface area contributed by atoms with Gasteiger partial charge in [-0.05, 0) is 55.4 Å². The van der Waals surface area contributed by atoms with Crippen molar-refractivity contribution in [2.45, 2.75) is 50.6 Å². The maximum atomic E-state index is 13.1. The van der Waals surface area contributed by atoms with Gasteiger partial charge >= 0.3 is 0 Å². The Morgan fingerprint density at radius 2 is 1.42 bits per heavy atom. The number of amides is 3. The molecule has 5 rings (SSSR count). The summed E-state index contributed by atoms with van der Waals surface area (Å²) in [5.74, 6) is -1.01. The molecule has 2 N–H and O–H groups in total. The number of nitrogens with zero attached hydrogens (tertiary/aromatic N) is 2. The van der Waals surface area contributed by atoms with Crippen molar-refractivity contribution in [1.29, 1.82) is 0 Å². The summed E-state index contributed by atoms with van der Waals surface area (Å²) in [6.07, 6.45) is 6.40. The summed E-state index contributed by atoms with van der Waals surface area (Å²) < 4.78 is 0. The van der Waals surface area contributed by atoms with Crippen molar-refractivity contribution in [3.05, 3.63) is 47.5 Å². The molecule has 0 atom stereocenters. The Labute approximate surface area is 198 Å². The van der Waals surface area contributed by atoms with Gasteiger partial charge < -0.3 is 15.5 Å². The van der Waals surface area contributed by atoms with E-state index >= 15 is 0 Å². The predicted octanol–water partition coefficient (Wildman–Crippen LogP) is 2.83. The smallest absolute Gasteiger partial charge is 0.261 e. The van der Waals surface area contributed by atoms with Crippen LogP contribution in [0, 0.1) is 0 Å². The fraction of sp³-hybridized carbons (Fsp3) is 0.440. The van der Waals surface area contributed by atoms with Crippen LogP contribution in [0.5, 0.6) is 0 Å². The Bertz CT molecular complexity index is 1070. The van der Waals surface area contributed by atoms with Gasteiger partial charge in [-0.15, -0.1) is 0 Å². The Hall–Kier alpha value is -3.00. The molecule has 172 valence electrons. The first-order valence-corrected chi connectivity index (χ1v) is 12.1. The highest BCUT2D eigenvalue weighted by molar-refractivity contribution is 7.80. The van der Waals surface area contributed by atoms with Crippen molar-refractivity contribution in [3.8, 4) is 0 Å². The lowest BCUT2D eigenvalue weighted by molar-refractivity contribution is -0.132. The summed E-state index contributed by atoms with van der Waals surface area (Å²) in [7, 11) is 0. The summed E-state index contributed by atoms with van der Waals surface area (Å²) in [6, 6.07) is 11.5. The second kappa shape index (κ2) is 9.09. The molecule has 33 heavy (non-hydrogen) atoms. The maximum Gasteiger partial charge on any atom is 0.261 e. The van der Waals surface area contributed by atoms with E-state index in [-0.39, 0.29) is 18.5 Å². The number of rotatable bonds is 4. The number of imide groups is 1. The molecule has 3 amide bonds. The van der Waals surface area contributed by atoms with Gasteiger partial charge in [-0.25, -0.2) is 0 Å². The lowest BCUT2D eigenvalue weighted by Crippen LogP contribution is -2.52. The highest BCUT2D eigenvalue weighted by atomic mass is 32.1. The number of carbonyl (C=O) groups is 3. The van der Waals surface area contributed by atoms with E-state index in [2.05, 4.69) is 10.6 Å². The fourth-order valence-corrected chi connectivity index (χ4v) is 5.55. The van der Waals surface area contributed by atoms with Crippen molar-refractivity contribution in [1.82, 2.24) is 20.4 Å². The van der Waals surface area contributed by atoms with Crippen LogP contribution in [0.2, 0.25) is 0 Å². The first-order valence-electron chi connectivity index (χ1n) is 11.7. The largest absolute Gasteiger partial charge is 0.360 e. The number of nitrogens with one attached hydrogen (secondary N) is 2. The van der Waals surface area contributed by atoms with Gasteiger partial charge in [0.2, 0.25) is 5.91 Å². The van der Waals surface area contributed by atoms with E-state index in [1.54, 1.807) is 29.2 Å². The van der Waals surface area contributed by atoms with Gasteiger partial charge in [0.1, 0.15) is 6.54 Å². The average molecular weight is 465 g/mol. The zero-order chi connectivity index (χ0) is 22.9. The Morgan fingerprint density at radius 3 is 2.00 bits per heavy atom. The lowest BCUT2D eigenvalue weighted by Gasteiger charge is -2.35. The molecule has 2 fully saturated rings. The minimum atomic E-state index is -0.405. The maximum absolute atomic E-state index is 13.1. The third-order valence-electron chi connectivity index (χ3n) is 7.02. The Kier molecular flexibility index (Phi) is 6.01. The lowest BCUT2D eigenvalue weighted by atomic mass is 9.94. The molecule has 2 aromatic carbocycles. The molecular formula is C25H28N4O3S. The van der Waals surface area contributed by atoms with E-state index in [1.807, 2.05) is 12.1 Å². The van der Waals surface area contributed by atoms with Crippen molar-refractivity contribution in [2.24, 2.45) is 0 Å². The first kappa shape index (κ1) is 21.8. The van der Waals surface area contributed by atoms with Crippen molar-refractivity contribution in [2.75, 3.05) is 19.6 Å². The van der Waals surface area contributed by atoms with Crippen LogP contribution in [0.3, 0.4) is 0 Å². The summed E-state index contributed by atoms with van der Waals surface area (Å²) >= 11 is 5.46. The van der Waals surface area contributed by atoms with E-state index in [0.717, 1.165) is 23.1 Å². The highest BCUT2D eigenvalue weighted by Crippen LogP contribution is 2.30. The van der Waals surface area contributed by atoms with Gasteiger partial charge in [-0.1, -0.05) is 37.1 Å². The van der Waals surface area contributed by atoms with Gasteiger partial charge in [0.05, 0.1) is 0 Å². The van der Waals surface area contributed by atoms with Gasteiger partial charge in [0.15, 0.2) is 5.11 Å². The third-order valence-corrected chi connectivity index (χ3v) is 7.26. The molecular weight excluding hydrogens is 436 g/mol. The molecule has 2 aliphatic heterocycles. The molecule has 1 aliphatic carbocycles. The number of likely N-dealkylation sites (tertiary alicyclic amines) is 1. The number of thiocarbonyl (C=S) groups is 1. The van der Waals surface area contributed by atoms with Crippen LogP contribution in [0.15, 0.2) is 36.4 Å². The standard InChI is InChI=1S/C25H28N4O3S/c30-21(28-13-11-18(12-14-28)27-25(33)26-17-7-1-2-8-17)15-29-23(31)19-9-3-5-16-6-4-10-20(22(16)19)24(29)32/h3-6,9-10,17-18H,1-2,7-8,11-15H2,(H2,26,27,33). The molecule has 0 spiro atoms. The van der Waals surface area contributed by atoms with E-state index in [4.69, 9.17) is 12.2 Å². The molecule has 0 aromatic heterocycles. The normalized spacial score (nSPS) is 19.3. The van der Waals surface area contributed by atoms with Gasteiger partial charge in [0.25, 0.3) is 11.8 Å². The SMILES string of the molecule is O=C(CN1C(=O)c2cccc3cccc(c23)C1=O)N1CCC(NC(=S)NC2CCCC2)CC1. The molecule has 1 saturated carbocycles. The van der Waals surface area contributed by atoms with Crippen molar-refractivity contribution in [3.63, 3.8) is 0 Å². The van der Waals surface area contributed by atoms with Crippen molar-refractivity contribution >= 4 is 45.8 Å². The van der Waals surface area contributed by atoms with Crippen LogP contribution in [0.4, 0.5) is 0 Å². The molecule has 3 aliphatic rings. The third kappa shape index (κ3) is 4.31. The number of hydrogen-bond donors (Lipinski definition) is 2. The summed E-state index contributed by atoms with van der Waals surface area (Å²) in [5, 5.41) is 9.01. The van der Waals surface area contributed by atoms with Crippen LogP contribution in [-0.4, -0.2) is 64.4 Å². The van der Waals surface area contributed by atoms with Crippen LogP contribution in [-0.2, 0) is 4.79 Å². The highest BCUT2D eigenvalue weighted by Gasteiger charge is 2.35. The van der Waals surface area contributed by atoms with Gasteiger partial charge in [0, 0.05) is 41.7 Å². The fourth-order valence-electron chi connectivity index (χ4n) is 5.22. The van der Waals surface area contributed by atoms with Crippen LogP contribution in [0.1, 0.15) is 59.2 Å². The average Bonchev–Trinajstić information content (AvgIpc) is 3.33. The topological polar surface area (TPSA) is 81.8 Å². The molecule has 0 radical (unpaired) electrons. The predicted molar refractivity (Wildman–Crippen MR) is 130 cm³/mol. The minimum Gasteiger partial charge on any atom is -0.360 e. The van der Waals surface area contributed by atoms with Crippen LogP contribution >= 0.6 is 12.2 Å². The number of carbonyl (C=O) groups excluding carboxylic acids is 3. The second-order valence-corrected chi connectivity index (χ2v) is 9.57. The summed E-state index contributed by atoms with van der Waals surface area (Å²) in [5.41, 5.74) is 0.948. The molecule has 0 bridgehead atoms. The molecule has 2 heterocycles. The van der Waals surface area contributed by atoms with E-state index in [1.165, 1.54) is 25.7 Å². The number of benzene rings is 2. The first-order chi connectivity index (χ1) is 16.0. The minimum absolute atomic E-state index is 0.201. The second-order valence-electron chi connectivity index (χ2n) is 9.16. The summed E-state index contributed by atoms with van der Waals surface area (Å²) in [6.45, 7) is 0.915. The molecule has 0 unspecified atom stereocenters. The molecule has 8 heteroatoms. The van der Waals surface area contributed by atoms with Crippen molar-refractivity contribution < 1.29 is 14.4 Å². The van der Waals surface area contributed by atoms with Gasteiger partial charge in [-0.3, -0.25) is 19.3 Å². The summed E-state index contributed by atoms with van der Waals surface area (Å²) in [4.78, 5) is 41.9. The molecule has 2 aromatic rings. The van der Waals surface area contributed by atoms with E-state index in [9.17, 15) is 14.4 Å². The van der Waals surface area contributed by atoms with Gasteiger partial charge in [-0.2, -0.15) is 0 Å². The van der Waals surface area contributed by atoms with E-state index < -0.39 is 11.8 Å². The zero-order valence-corrected chi connectivity index (χ0v) is 19.3. The number of hydrogen-bond acceptors (Lipinski definition) is 4. The Balaban J connectivity index is 1.18. The van der Waals surface area contributed by atoms with Crippen LogP contribution in [0.25, 0.3) is 10.8 Å². The number of piperidine rings is 1. The van der Waals surface area contributed by atoms with E-state index in [0.29, 0.717) is 40.8 Å². The monoisotopic (exact) mass is 464 g/mol. The quantitative estimate of drug-likeness (QED) is 0.535.